The summed E-state index contributed by atoms with van der Waals surface area (Å²) in [6.07, 6.45) is 4.47. The van der Waals surface area contributed by atoms with Gasteiger partial charge in [-0.15, -0.1) is 0 Å². The van der Waals surface area contributed by atoms with Crippen molar-refractivity contribution in [3.05, 3.63) is 93.7 Å². The number of esters is 1. The first-order valence-electron chi connectivity index (χ1n) is 8.35. The van der Waals surface area contributed by atoms with E-state index >= 15 is 0 Å². The Bertz CT molecular complexity index is 1040. The summed E-state index contributed by atoms with van der Waals surface area (Å²) in [5.74, 6) is -0.499. The second-order valence-corrected chi connectivity index (χ2v) is 6.74. The van der Waals surface area contributed by atoms with Crippen LogP contribution in [0, 0.1) is 6.92 Å². The topological polar surface area (TPSA) is 80.6 Å². The second-order valence-electron chi connectivity index (χ2n) is 5.82. The Morgan fingerprint density at radius 3 is 2.61 bits per heavy atom. The fourth-order valence-corrected chi connectivity index (χ4v) is 2.78. The van der Waals surface area contributed by atoms with Crippen molar-refractivity contribution >= 4 is 34.0 Å². The Labute approximate surface area is 170 Å². The van der Waals surface area contributed by atoms with E-state index < -0.39 is 5.97 Å². The normalized spacial score (nSPS) is 10.6. The molecule has 0 radical (unpaired) electrons. The lowest BCUT2D eigenvalue weighted by atomic mass is 10.1. The number of amides is 1. The Kier molecular flexibility index (Phi) is 6.29. The monoisotopic (exact) mass is 437 g/mol. The van der Waals surface area contributed by atoms with Crippen molar-refractivity contribution in [2.24, 2.45) is 5.10 Å². The maximum atomic E-state index is 12.5. The lowest BCUT2D eigenvalue weighted by Crippen LogP contribution is -2.17. The molecule has 0 bridgehead atoms. The van der Waals surface area contributed by atoms with E-state index in [1.165, 1.54) is 18.6 Å². The van der Waals surface area contributed by atoms with E-state index in [2.05, 4.69) is 31.4 Å². The molecule has 140 valence electrons. The number of carbonyl (C=O) groups is 2. The number of aromatic nitrogens is 1. The number of pyridine rings is 1. The third-order valence-corrected chi connectivity index (χ3v) is 4.34. The van der Waals surface area contributed by atoms with E-state index in [4.69, 9.17) is 4.74 Å². The van der Waals surface area contributed by atoms with Gasteiger partial charge in [-0.25, -0.2) is 10.2 Å². The van der Waals surface area contributed by atoms with Gasteiger partial charge >= 0.3 is 5.97 Å². The van der Waals surface area contributed by atoms with Gasteiger partial charge in [0.05, 0.1) is 11.8 Å². The minimum absolute atomic E-state index is 0.332. The number of ether oxygens (including phenoxy) is 1. The van der Waals surface area contributed by atoms with Gasteiger partial charge in [-0.3, -0.25) is 9.78 Å². The summed E-state index contributed by atoms with van der Waals surface area (Å²) in [7, 11) is 0. The molecule has 1 N–H and O–H groups in total. The lowest BCUT2D eigenvalue weighted by molar-refractivity contribution is 0.0733. The molecule has 0 aliphatic rings. The van der Waals surface area contributed by atoms with Gasteiger partial charge in [0.15, 0.2) is 0 Å². The summed E-state index contributed by atoms with van der Waals surface area (Å²) in [5.41, 5.74) is 4.72. The predicted molar refractivity (Wildman–Crippen MR) is 110 cm³/mol. The fraction of sp³-hybridized carbons (Fsp3) is 0.0476. The quantitative estimate of drug-likeness (QED) is 0.281. The van der Waals surface area contributed by atoms with Gasteiger partial charge in [-0.05, 0) is 48.9 Å². The van der Waals surface area contributed by atoms with Crippen LogP contribution in [0.15, 0.2) is 76.6 Å². The number of carbonyl (C=O) groups excluding carboxylic acids is 2. The molecule has 3 aromatic rings. The highest BCUT2D eigenvalue weighted by atomic mass is 79.9. The molecule has 0 atom stereocenters. The van der Waals surface area contributed by atoms with Gasteiger partial charge in [0.1, 0.15) is 5.75 Å². The van der Waals surface area contributed by atoms with Crippen molar-refractivity contribution < 1.29 is 14.3 Å². The SMILES string of the molecule is Cc1ccccc1C(=O)Oc1ccc(Br)cc1/C=N\NC(=O)c1ccncc1. The molecule has 1 amide bonds. The van der Waals surface area contributed by atoms with Crippen molar-refractivity contribution in [1.29, 1.82) is 0 Å². The second kappa shape index (κ2) is 9.05. The number of benzene rings is 2. The van der Waals surface area contributed by atoms with E-state index in [9.17, 15) is 9.59 Å². The lowest BCUT2D eigenvalue weighted by Gasteiger charge is -2.09. The molecule has 0 fully saturated rings. The van der Waals surface area contributed by atoms with Crippen LogP contribution in [-0.4, -0.2) is 23.1 Å². The van der Waals surface area contributed by atoms with E-state index in [1.54, 1.807) is 42.5 Å². The summed E-state index contributed by atoms with van der Waals surface area (Å²) in [6.45, 7) is 1.84. The van der Waals surface area contributed by atoms with Crippen LogP contribution in [-0.2, 0) is 0 Å². The number of halogens is 1. The van der Waals surface area contributed by atoms with Gasteiger partial charge in [0.2, 0.25) is 0 Å². The van der Waals surface area contributed by atoms with E-state index in [1.807, 2.05) is 19.1 Å². The molecule has 0 spiro atoms. The first kappa shape index (κ1) is 19.4. The standard InChI is InChI=1S/C21H16BrN3O3/c1-14-4-2-3-5-18(14)21(27)28-19-7-6-17(22)12-16(19)13-24-25-20(26)15-8-10-23-11-9-15/h2-13H,1H3,(H,25,26)/b24-13-. The van der Waals surface area contributed by atoms with Crippen LogP contribution in [0.3, 0.4) is 0 Å². The number of hydrogen-bond donors (Lipinski definition) is 1. The Balaban J connectivity index is 1.76. The first-order chi connectivity index (χ1) is 13.5. The molecule has 1 heterocycles. The van der Waals surface area contributed by atoms with Crippen LogP contribution in [0.2, 0.25) is 0 Å². The van der Waals surface area contributed by atoms with Crippen molar-refractivity contribution in [3.63, 3.8) is 0 Å². The zero-order valence-corrected chi connectivity index (χ0v) is 16.5. The van der Waals surface area contributed by atoms with Crippen molar-refractivity contribution in [2.75, 3.05) is 0 Å². The number of aryl methyl sites for hydroxylation is 1. The molecule has 0 unspecified atom stereocenters. The van der Waals surface area contributed by atoms with Gasteiger partial charge in [0, 0.05) is 28.0 Å². The van der Waals surface area contributed by atoms with Crippen molar-refractivity contribution in [3.8, 4) is 5.75 Å². The maximum Gasteiger partial charge on any atom is 0.343 e. The van der Waals surface area contributed by atoms with Gasteiger partial charge < -0.3 is 4.74 Å². The number of rotatable bonds is 5. The number of hydrogen-bond acceptors (Lipinski definition) is 5. The number of nitrogens with zero attached hydrogens (tertiary/aromatic N) is 2. The highest BCUT2D eigenvalue weighted by Gasteiger charge is 2.13. The average Bonchev–Trinajstić information content (AvgIpc) is 2.70. The molecule has 0 saturated carbocycles. The predicted octanol–water partition coefficient (Wildman–Crippen LogP) is 4.14. The van der Waals surface area contributed by atoms with Gasteiger partial charge in [-0.1, -0.05) is 34.1 Å². The van der Waals surface area contributed by atoms with Crippen LogP contribution in [0.25, 0.3) is 0 Å². The summed E-state index contributed by atoms with van der Waals surface area (Å²) in [5, 5.41) is 3.96. The third kappa shape index (κ3) is 4.89. The largest absolute Gasteiger partial charge is 0.422 e. The highest BCUT2D eigenvalue weighted by molar-refractivity contribution is 9.10. The van der Waals surface area contributed by atoms with Crippen LogP contribution >= 0.6 is 15.9 Å². The minimum Gasteiger partial charge on any atom is -0.422 e. The molecule has 0 aliphatic heterocycles. The molecular weight excluding hydrogens is 422 g/mol. The molecule has 0 saturated heterocycles. The zero-order chi connectivity index (χ0) is 19.9. The molecule has 1 aromatic heterocycles. The highest BCUT2D eigenvalue weighted by Crippen LogP contribution is 2.23. The van der Waals surface area contributed by atoms with Crippen molar-refractivity contribution in [1.82, 2.24) is 10.4 Å². The van der Waals surface area contributed by atoms with Crippen LogP contribution in [0.1, 0.15) is 31.8 Å². The number of nitrogens with one attached hydrogen (secondary N) is 1. The Morgan fingerprint density at radius 1 is 1.11 bits per heavy atom. The van der Waals surface area contributed by atoms with Crippen molar-refractivity contribution in [2.45, 2.75) is 6.92 Å². The smallest absolute Gasteiger partial charge is 0.343 e. The maximum absolute atomic E-state index is 12.5. The number of hydrazone groups is 1. The van der Waals surface area contributed by atoms with E-state index in [0.29, 0.717) is 22.4 Å². The Morgan fingerprint density at radius 2 is 1.86 bits per heavy atom. The molecule has 6 nitrogen and oxygen atoms in total. The van der Waals surface area contributed by atoms with Crippen LogP contribution in [0.4, 0.5) is 0 Å². The molecule has 7 heteroatoms. The summed E-state index contributed by atoms with van der Waals surface area (Å²) < 4.78 is 6.32. The zero-order valence-electron chi connectivity index (χ0n) is 14.9. The molecule has 28 heavy (non-hydrogen) atoms. The average molecular weight is 438 g/mol. The van der Waals surface area contributed by atoms with Crippen LogP contribution in [0.5, 0.6) is 5.75 Å². The Hall–Kier alpha value is -3.32. The van der Waals surface area contributed by atoms with E-state index in [-0.39, 0.29) is 5.91 Å². The fourth-order valence-electron chi connectivity index (χ4n) is 2.40. The third-order valence-electron chi connectivity index (χ3n) is 3.85. The first-order valence-corrected chi connectivity index (χ1v) is 9.14. The summed E-state index contributed by atoms with van der Waals surface area (Å²) in [6, 6.07) is 15.5. The van der Waals surface area contributed by atoms with E-state index in [0.717, 1.165) is 10.0 Å². The van der Waals surface area contributed by atoms with Gasteiger partial charge in [0.25, 0.3) is 5.91 Å². The summed E-state index contributed by atoms with van der Waals surface area (Å²) >= 11 is 3.38. The molecule has 3 rings (SSSR count). The summed E-state index contributed by atoms with van der Waals surface area (Å²) in [4.78, 5) is 28.4. The molecular formula is C21H16BrN3O3. The minimum atomic E-state index is -0.462. The molecule has 2 aromatic carbocycles. The van der Waals surface area contributed by atoms with Crippen LogP contribution < -0.4 is 10.2 Å². The molecule has 0 aliphatic carbocycles. The van der Waals surface area contributed by atoms with Gasteiger partial charge in [-0.2, -0.15) is 5.10 Å².